The number of halogens is 1. The fourth-order valence-electron chi connectivity index (χ4n) is 2.22. The number of nitrogens with one attached hydrogen (secondary N) is 1. The van der Waals surface area contributed by atoms with Crippen molar-refractivity contribution in [2.24, 2.45) is 0 Å². The van der Waals surface area contributed by atoms with Crippen LogP contribution in [-0.4, -0.2) is 16.3 Å². The maximum Gasteiger partial charge on any atom is 0.0693 e. The predicted molar refractivity (Wildman–Crippen MR) is 82.6 cm³/mol. The van der Waals surface area contributed by atoms with Crippen LogP contribution in [-0.2, 0) is 0 Å². The number of benzene rings is 1. The van der Waals surface area contributed by atoms with Crippen molar-refractivity contribution in [1.29, 1.82) is 0 Å². The summed E-state index contributed by atoms with van der Waals surface area (Å²) < 4.78 is 2.92. The van der Waals surface area contributed by atoms with E-state index in [0.717, 1.165) is 29.5 Å². The summed E-state index contributed by atoms with van der Waals surface area (Å²) in [6.07, 6.45) is 6.02. The van der Waals surface area contributed by atoms with Crippen molar-refractivity contribution < 1.29 is 0 Å². The van der Waals surface area contributed by atoms with Gasteiger partial charge in [-0.3, -0.25) is 0 Å². The molecule has 0 aliphatic rings. The highest BCUT2D eigenvalue weighted by atomic mass is 79.9. The zero-order valence-corrected chi connectivity index (χ0v) is 13.0. The molecule has 19 heavy (non-hydrogen) atoms. The van der Waals surface area contributed by atoms with Gasteiger partial charge >= 0.3 is 0 Å². The Kier molecular flexibility index (Phi) is 5.16. The van der Waals surface area contributed by atoms with E-state index < -0.39 is 0 Å². The molecule has 1 aromatic carbocycles. The van der Waals surface area contributed by atoms with Gasteiger partial charge in [0.05, 0.1) is 16.4 Å². The monoisotopic (exact) mass is 321 g/mol. The standard InChI is InChI=1S/C15H20BrN3/c1-3-9-17-14(4-2)13-7-5-6-8-15(13)19-11-12(16)10-18-19/h5-8,10-11,14,17H,3-4,9H2,1-2H3. The highest BCUT2D eigenvalue weighted by Gasteiger charge is 2.14. The van der Waals surface area contributed by atoms with Crippen LogP contribution >= 0.6 is 15.9 Å². The van der Waals surface area contributed by atoms with Gasteiger partial charge in [-0.05, 0) is 46.9 Å². The predicted octanol–water partition coefficient (Wildman–Crippen LogP) is 4.09. The first-order valence-corrected chi connectivity index (χ1v) is 7.58. The summed E-state index contributed by atoms with van der Waals surface area (Å²) in [7, 11) is 0. The lowest BCUT2D eigenvalue weighted by atomic mass is 10.0. The second-order valence-electron chi connectivity index (χ2n) is 4.58. The van der Waals surface area contributed by atoms with Crippen molar-refractivity contribution in [3.8, 4) is 5.69 Å². The Labute approximate surface area is 123 Å². The van der Waals surface area contributed by atoms with E-state index in [1.54, 1.807) is 0 Å². The average molecular weight is 322 g/mol. The largest absolute Gasteiger partial charge is 0.310 e. The third kappa shape index (κ3) is 3.45. The van der Waals surface area contributed by atoms with Crippen molar-refractivity contribution in [2.45, 2.75) is 32.7 Å². The molecule has 1 unspecified atom stereocenters. The number of rotatable bonds is 6. The van der Waals surface area contributed by atoms with Crippen molar-refractivity contribution in [2.75, 3.05) is 6.54 Å². The third-order valence-electron chi connectivity index (χ3n) is 3.16. The highest BCUT2D eigenvalue weighted by molar-refractivity contribution is 9.10. The van der Waals surface area contributed by atoms with Gasteiger partial charge in [-0.1, -0.05) is 32.0 Å². The first kappa shape index (κ1) is 14.3. The summed E-state index contributed by atoms with van der Waals surface area (Å²) in [5.74, 6) is 0. The molecule has 2 aromatic rings. The Bertz CT molecular complexity index is 522. The van der Waals surface area contributed by atoms with Crippen LogP contribution in [0.1, 0.15) is 38.3 Å². The first-order valence-electron chi connectivity index (χ1n) is 6.79. The molecule has 0 fully saturated rings. The van der Waals surface area contributed by atoms with Crippen LogP contribution in [0.25, 0.3) is 5.69 Å². The Morgan fingerprint density at radius 2 is 2.11 bits per heavy atom. The van der Waals surface area contributed by atoms with Crippen LogP contribution in [0.3, 0.4) is 0 Å². The summed E-state index contributed by atoms with van der Waals surface area (Å²) in [6, 6.07) is 8.82. The highest BCUT2D eigenvalue weighted by Crippen LogP contribution is 2.24. The molecule has 1 atom stereocenters. The molecular weight excluding hydrogens is 302 g/mol. The van der Waals surface area contributed by atoms with E-state index in [1.165, 1.54) is 5.56 Å². The van der Waals surface area contributed by atoms with Gasteiger partial charge in [0.15, 0.2) is 0 Å². The van der Waals surface area contributed by atoms with Crippen molar-refractivity contribution in [1.82, 2.24) is 15.1 Å². The lowest BCUT2D eigenvalue weighted by Crippen LogP contribution is -2.22. The lowest BCUT2D eigenvalue weighted by Gasteiger charge is -2.20. The van der Waals surface area contributed by atoms with Gasteiger partial charge in [0, 0.05) is 12.2 Å². The third-order valence-corrected chi connectivity index (χ3v) is 3.57. The molecule has 0 aliphatic heterocycles. The number of hydrogen-bond acceptors (Lipinski definition) is 2. The van der Waals surface area contributed by atoms with E-state index in [-0.39, 0.29) is 0 Å². The van der Waals surface area contributed by atoms with Crippen molar-refractivity contribution >= 4 is 15.9 Å². The molecule has 0 saturated carbocycles. The molecule has 0 aliphatic carbocycles. The minimum Gasteiger partial charge on any atom is -0.310 e. The molecule has 1 N–H and O–H groups in total. The summed E-state index contributed by atoms with van der Waals surface area (Å²) in [5.41, 5.74) is 2.44. The molecule has 0 saturated heterocycles. The summed E-state index contributed by atoms with van der Waals surface area (Å²) >= 11 is 3.45. The maximum absolute atomic E-state index is 4.39. The summed E-state index contributed by atoms with van der Waals surface area (Å²) in [5, 5.41) is 7.99. The van der Waals surface area contributed by atoms with E-state index in [9.17, 15) is 0 Å². The average Bonchev–Trinajstić information content (AvgIpc) is 2.87. The molecule has 1 heterocycles. The minimum absolute atomic E-state index is 0.374. The Hall–Kier alpha value is -1.13. The molecule has 1 aromatic heterocycles. The van der Waals surface area contributed by atoms with Crippen LogP contribution in [0.5, 0.6) is 0 Å². The maximum atomic E-state index is 4.39. The Balaban J connectivity index is 2.34. The number of para-hydroxylation sites is 1. The molecule has 0 radical (unpaired) electrons. The molecule has 3 nitrogen and oxygen atoms in total. The van der Waals surface area contributed by atoms with Crippen LogP contribution in [0.2, 0.25) is 0 Å². The molecule has 4 heteroatoms. The zero-order valence-electron chi connectivity index (χ0n) is 11.4. The normalized spacial score (nSPS) is 12.6. The van der Waals surface area contributed by atoms with Gasteiger partial charge in [0.1, 0.15) is 0 Å². The minimum atomic E-state index is 0.374. The van der Waals surface area contributed by atoms with E-state index >= 15 is 0 Å². The van der Waals surface area contributed by atoms with Gasteiger partial charge in [0.2, 0.25) is 0 Å². The fourth-order valence-corrected chi connectivity index (χ4v) is 2.50. The van der Waals surface area contributed by atoms with E-state index in [2.05, 4.69) is 64.5 Å². The van der Waals surface area contributed by atoms with Crippen LogP contribution in [0, 0.1) is 0 Å². The topological polar surface area (TPSA) is 29.9 Å². The number of aromatic nitrogens is 2. The molecule has 0 bridgehead atoms. The van der Waals surface area contributed by atoms with Crippen LogP contribution in [0.4, 0.5) is 0 Å². The number of hydrogen-bond donors (Lipinski definition) is 1. The molecular formula is C15H20BrN3. The number of nitrogens with zero attached hydrogens (tertiary/aromatic N) is 2. The molecule has 0 amide bonds. The summed E-state index contributed by atoms with van der Waals surface area (Å²) in [6.45, 7) is 5.44. The second-order valence-corrected chi connectivity index (χ2v) is 5.49. The van der Waals surface area contributed by atoms with Crippen molar-refractivity contribution in [3.63, 3.8) is 0 Å². The molecule has 2 rings (SSSR count). The van der Waals surface area contributed by atoms with Gasteiger partial charge in [-0.25, -0.2) is 4.68 Å². The zero-order chi connectivity index (χ0) is 13.7. The SMILES string of the molecule is CCCNC(CC)c1ccccc1-n1cc(Br)cn1. The van der Waals surface area contributed by atoms with Gasteiger partial charge in [-0.2, -0.15) is 5.10 Å². The fraction of sp³-hybridized carbons (Fsp3) is 0.400. The lowest BCUT2D eigenvalue weighted by molar-refractivity contribution is 0.515. The van der Waals surface area contributed by atoms with E-state index in [1.807, 2.05) is 17.1 Å². The van der Waals surface area contributed by atoms with Gasteiger partial charge < -0.3 is 5.32 Å². The van der Waals surface area contributed by atoms with Crippen molar-refractivity contribution in [3.05, 3.63) is 46.7 Å². The smallest absolute Gasteiger partial charge is 0.0693 e. The second kappa shape index (κ2) is 6.87. The van der Waals surface area contributed by atoms with E-state index in [0.29, 0.717) is 6.04 Å². The Morgan fingerprint density at radius 3 is 2.74 bits per heavy atom. The molecule has 0 spiro atoms. The van der Waals surface area contributed by atoms with Crippen LogP contribution < -0.4 is 5.32 Å². The summed E-state index contributed by atoms with van der Waals surface area (Å²) in [4.78, 5) is 0. The van der Waals surface area contributed by atoms with E-state index in [4.69, 9.17) is 0 Å². The molecule has 102 valence electrons. The van der Waals surface area contributed by atoms with Gasteiger partial charge in [-0.15, -0.1) is 0 Å². The van der Waals surface area contributed by atoms with Gasteiger partial charge in [0.25, 0.3) is 0 Å². The first-order chi connectivity index (χ1) is 9.26. The Morgan fingerprint density at radius 1 is 1.32 bits per heavy atom. The van der Waals surface area contributed by atoms with Crippen LogP contribution in [0.15, 0.2) is 41.1 Å². The quantitative estimate of drug-likeness (QED) is 0.868.